The van der Waals surface area contributed by atoms with E-state index in [2.05, 4.69) is 10.2 Å². The monoisotopic (exact) mass is 146 g/mol. The van der Waals surface area contributed by atoms with Crippen molar-refractivity contribution in [2.45, 2.75) is 25.5 Å². The molecule has 0 spiro atoms. The van der Waals surface area contributed by atoms with Gasteiger partial charge in [0.15, 0.2) is 6.23 Å². The first kappa shape index (κ1) is 7.43. The van der Waals surface area contributed by atoms with E-state index in [0.717, 1.165) is 12.8 Å². The first-order valence-electron chi connectivity index (χ1n) is 3.28. The molecule has 1 aliphatic rings. The van der Waals surface area contributed by atoms with E-state index >= 15 is 0 Å². The average molecular weight is 146 g/mol. The number of nitroso groups, excluding NO2 is 1. The SMILES string of the molecule is O=NN1CCCCC1OO. The molecule has 1 N–H and O–H groups in total. The van der Waals surface area contributed by atoms with Crippen molar-refractivity contribution in [1.82, 2.24) is 5.01 Å². The van der Waals surface area contributed by atoms with Gasteiger partial charge in [-0.15, -0.1) is 4.91 Å². The summed E-state index contributed by atoms with van der Waals surface area (Å²) in [6.45, 7) is 0.578. The molecule has 10 heavy (non-hydrogen) atoms. The molecule has 0 aromatic carbocycles. The molecule has 0 amide bonds. The van der Waals surface area contributed by atoms with Gasteiger partial charge in [0, 0.05) is 6.54 Å². The molecule has 58 valence electrons. The number of hydrogen-bond acceptors (Lipinski definition) is 4. The summed E-state index contributed by atoms with van der Waals surface area (Å²) >= 11 is 0. The second-order valence-corrected chi connectivity index (χ2v) is 2.30. The Morgan fingerprint density at radius 1 is 1.60 bits per heavy atom. The number of nitrogens with zero attached hydrogens (tertiary/aromatic N) is 2. The van der Waals surface area contributed by atoms with Crippen LogP contribution in [0.2, 0.25) is 0 Å². The van der Waals surface area contributed by atoms with Crippen LogP contribution in [0.5, 0.6) is 0 Å². The summed E-state index contributed by atoms with van der Waals surface area (Å²) in [4.78, 5) is 14.0. The van der Waals surface area contributed by atoms with Crippen molar-refractivity contribution in [3.63, 3.8) is 0 Å². The van der Waals surface area contributed by atoms with Crippen molar-refractivity contribution >= 4 is 0 Å². The molecule has 1 unspecified atom stereocenters. The van der Waals surface area contributed by atoms with Crippen LogP contribution in [-0.2, 0) is 4.89 Å². The van der Waals surface area contributed by atoms with Crippen LogP contribution in [0, 0.1) is 4.91 Å². The fourth-order valence-electron chi connectivity index (χ4n) is 1.09. The van der Waals surface area contributed by atoms with Gasteiger partial charge in [-0.2, -0.15) is 0 Å². The third-order valence-electron chi connectivity index (χ3n) is 1.65. The van der Waals surface area contributed by atoms with Gasteiger partial charge in [0.1, 0.15) is 0 Å². The van der Waals surface area contributed by atoms with Gasteiger partial charge in [-0.05, 0) is 19.3 Å². The first-order chi connectivity index (χ1) is 4.88. The Morgan fingerprint density at radius 3 is 2.90 bits per heavy atom. The van der Waals surface area contributed by atoms with Gasteiger partial charge in [0.2, 0.25) is 0 Å². The summed E-state index contributed by atoms with van der Waals surface area (Å²) in [5.41, 5.74) is 0. The van der Waals surface area contributed by atoms with Crippen LogP contribution in [0.4, 0.5) is 0 Å². The summed E-state index contributed by atoms with van der Waals surface area (Å²) in [6, 6.07) is 0. The van der Waals surface area contributed by atoms with Crippen molar-refractivity contribution in [3.05, 3.63) is 4.91 Å². The fourth-order valence-corrected chi connectivity index (χ4v) is 1.09. The maximum atomic E-state index is 10.0. The lowest BCUT2D eigenvalue weighted by atomic mass is 10.1. The normalized spacial score (nSPS) is 26.5. The van der Waals surface area contributed by atoms with E-state index in [1.54, 1.807) is 0 Å². The molecular weight excluding hydrogens is 136 g/mol. The molecule has 5 nitrogen and oxygen atoms in total. The molecule has 0 aromatic rings. The summed E-state index contributed by atoms with van der Waals surface area (Å²) in [6.07, 6.45) is 2.05. The molecule has 5 heteroatoms. The lowest BCUT2D eigenvalue weighted by Gasteiger charge is -2.27. The topological polar surface area (TPSA) is 62.1 Å². The molecule has 1 heterocycles. The van der Waals surface area contributed by atoms with E-state index in [1.165, 1.54) is 5.01 Å². The van der Waals surface area contributed by atoms with Gasteiger partial charge < -0.3 is 0 Å². The van der Waals surface area contributed by atoms with E-state index in [0.29, 0.717) is 13.0 Å². The minimum absolute atomic E-state index is 0.522. The molecule has 1 aliphatic heterocycles. The van der Waals surface area contributed by atoms with Crippen LogP contribution in [0.15, 0.2) is 5.29 Å². The molecule has 0 bridgehead atoms. The van der Waals surface area contributed by atoms with E-state index < -0.39 is 6.23 Å². The van der Waals surface area contributed by atoms with E-state index in [-0.39, 0.29) is 0 Å². The zero-order valence-corrected chi connectivity index (χ0v) is 5.56. The predicted octanol–water partition coefficient (Wildman–Crippen LogP) is 0.969. The molecule has 1 atom stereocenters. The Kier molecular flexibility index (Phi) is 2.58. The Hall–Kier alpha value is -0.680. The maximum Gasteiger partial charge on any atom is 0.182 e. The summed E-state index contributed by atoms with van der Waals surface area (Å²) in [5, 5.41) is 12.2. The molecule has 1 saturated heterocycles. The smallest absolute Gasteiger partial charge is 0.182 e. The predicted molar refractivity (Wildman–Crippen MR) is 33.9 cm³/mol. The molecule has 0 aromatic heterocycles. The molecule has 0 aliphatic carbocycles. The van der Waals surface area contributed by atoms with Crippen LogP contribution < -0.4 is 0 Å². The fraction of sp³-hybridized carbons (Fsp3) is 1.00. The van der Waals surface area contributed by atoms with Crippen LogP contribution >= 0.6 is 0 Å². The number of rotatable bonds is 2. The second-order valence-electron chi connectivity index (χ2n) is 2.30. The van der Waals surface area contributed by atoms with E-state index in [9.17, 15) is 4.91 Å². The lowest BCUT2D eigenvalue weighted by molar-refractivity contribution is -0.319. The standard InChI is InChI=1S/C5H10N2O3/c8-6-7-4-2-1-3-5(7)10-9/h5,9H,1-4H2. The minimum atomic E-state index is -0.522. The largest absolute Gasteiger partial charge is 0.250 e. The van der Waals surface area contributed by atoms with Crippen molar-refractivity contribution < 1.29 is 10.1 Å². The zero-order chi connectivity index (χ0) is 7.40. The summed E-state index contributed by atoms with van der Waals surface area (Å²) < 4.78 is 0. The third-order valence-corrected chi connectivity index (χ3v) is 1.65. The van der Waals surface area contributed by atoms with Gasteiger partial charge in [-0.3, -0.25) is 0 Å². The van der Waals surface area contributed by atoms with Crippen LogP contribution in [0.25, 0.3) is 0 Å². The van der Waals surface area contributed by atoms with Gasteiger partial charge >= 0.3 is 0 Å². The zero-order valence-electron chi connectivity index (χ0n) is 5.56. The van der Waals surface area contributed by atoms with Gasteiger partial charge in [-0.25, -0.2) is 15.2 Å². The summed E-state index contributed by atoms with van der Waals surface area (Å²) in [7, 11) is 0. The minimum Gasteiger partial charge on any atom is -0.250 e. The highest BCUT2D eigenvalue weighted by atomic mass is 17.1. The third kappa shape index (κ3) is 1.43. The first-order valence-corrected chi connectivity index (χ1v) is 3.28. The molecule has 1 rings (SSSR count). The number of piperidine rings is 1. The van der Waals surface area contributed by atoms with Crippen LogP contribution in [-0.4, -0.2) is 23.0 Å². The summed E-state index contributed by atoms with van der Waals surface area (Å²) in [5.74, 6) is 0. The number of hydrogen-bond donors (Lipinski definition) is 1. The van der Waals surface area contributed by atoms with E-state index in [1.807, 2.05) is 0 Å². The lowest BCUT2D eigenvalue weighted by Crippen LogP contribution is -2.36. The van der Waals surface area contributed by atoms with Crippen LogP contribution in [0.3, 0.4) is 0 Å². The molecule has 1 fully saturated rings. The van der Waals surface area contributed by atoms with Crippen molar-refractivity contribution in [3.8, 4) is 0 Å². The maximum absolute atomic E-state index is 10.0. The van der Waals surface area contributed by atoms with Gasteiger partial charge in [0.05, 0.1) is 5.29 Å². The Balaban J connectivity index is 2.41. The molecule has 0 saturated carbocycles. The average Bonchev–Trinajstić information content (AvgIpc) is 2.04. The highest BCUT2D eigenvalue weighted by Crippen LogP contribution is 2.16. The van der Waals surface area contributed by atoms with Gasteiger partial charge in [-0.1, -0.05) is 0 Å². The van der Waals surface area contributed by atoms with E-state index in [4.69, 9.17) is 5.26 Å². The highest BCUT2D eigenvalue weighted by Gasteiger charge is 2.22. The molecule has 0 radical (unpaired) electrons. The Morgan fingerprint density at radius 2 is 2.40 bits per heavy atom. The Labute approximate surface area is 58.5 Å². The molecular formula is C5H10N2O3. The van der Waals surface area contributed by atoms with Crippen molar-refractivity contribution in [2.75, 3.05) is 6.54 Å². The Bertz CT molecular complexity index is 119. The quantitative estimate of drug-likeness (QED) is 0.358. The highest BCUT2D eigenvalue weighted by molar-refractivity contribution is 4.64. The van der Waals surface area contributed by atoms with Crippen LogP contribution in [0.1, 0.15) is 19.3 Å². The van der Waals surface area contributed by atoms with Crippen molar-refractivity contribution in [2.24, 2.45) is 5.29 Å². The van der Waals surface area contributed by atoms with Gasteiger partial charge in [0.25, 0.3) is 0 Å². The van der Waals surface area contributed by atoms with Crippen molar-refractivity contribution in [1.29, 1.82) is 0 Å². The second kappa shape index (κ2) is 3.48.